The fraction of sp³-hybridized carbons (Fsp3) is 0.316. The normalized spacial score (nSPS) is 22.9. The molecule has 3 aromatic rings. The van der Waals surface area contributed by atoms with E-state index in [0.29, 0.717) is 6.04 Å². The first-order valence-corrected chi connectivity index (χ1v) is 8.32. The van der Waals surface area contributed by atoms with Crippen molar-refractivity contribution in [1.82, 2.24) is 15.0 Å². The molecule has 3 heterocycles. The van der Waals surface area contributed by atoms with Gasteiger partial charge in [-0.2, -0.15) is 0 Å². The molecule has 0 amide bonds. The maximum absolute atomic E-state index is 4.96. The van der Waals surface area contributed by atoms with E-state index in [0.717, 1.165) is 40.6 Å². The Bertz CT molecular complexity index is 862. The largest absolute Gasteiger partial charge is 0.353 e. The summed E-state index contributed by atoms with van der Waals surface area (Å²) in [5.74, 6) is 2.75. The molecule has 23 heavy (non-hydrogen) atoms. The summed E-state index contributed by atoms with van der Waals surface area (Å²) >= 11 is 0. The highest BCUT2D eigenvalue weighted by Gasteiger charge is 2.39. The molecule has 1 saturated heterocycles. The Balaban J connectivity index is 1.70. The second kappa shape index (κ2) is 5.01. The van der Waals surface area contributed by atoms with Crippen molar-refractivity contribution in [2.45, 2.75) is 25.3 Å². The number of piperidine rings is 1. The van der Waals surface area contributed by atoms with Crippen molar-refractivity contribution < 1.29 is 0 Å². The van der Waals surface area contributed by atoms with E-state index in [9.17, 15) is 0 Å². The molecule has 0 radical (unpaired) electrons. The summed E-state index contributed by atoms with van der Waals surface area (Å²) in [5.41, 5.74) is 2.04. The number of aromatic nitrogens is 3. The minimum absolute atomic E-state index is 0.656. The quantitative estimate of drug-likeness (QED) is 0.724. The lowest BCUT2D eigenvalue weighted by molar-refractivity contribution is 0.551. The molecule has 2 atom stereocenters. The van der Waals surface area contributed by atoms with Crippen LogP contribution in [0.3, 0.4) is 0 Å². The molecule has 0 spiro atoms. The van der Waals surface area contributed by atoms with Crippen LogP contribution in [-0.2, 0) is 0 Å². The van der Waals surface area contributed by atoms with E-state index in [1.165, 1.54) is 19.3 Å². The van der Waals surface area contributed by atoms with Gasteiger partial charge in [0.1, 0.15) is 5.82 Å². The fourth-order valence-corrected chi connectivity index (χ4v) is 4.09. The molecule has 0 N–H and O–H groups in total. The van der Waals surface area contributed by atoms with Crippen LogP contribution in [0.1, 0.15) is 19.3 Å². The van der Waals surface area contributed by atoms with E-state index in [1.54, 1.807) is 12.4 Å². The Labute approximate surface area is 135 Å². The molecule has 1 aliphatic heterocycles. The van der Waals surface area contributed by atoms with Crippen LogP contribution in [0.2, 0.25) is 0 Å². The predicted molar refractivity (Wildman–Crippen MR) is 91.2 cm³/mol. The van der Waals surface area contributed by atoms with Crippen LogP contribution >= 0.6 is 0 Å². The number of rotatable bonds is 2. The minimum atomic E-state index is 0.656. The molecule has 2 aromatic heterocycles. The summed E-state index contributed by atoms with van der Waals surface area (Å²) in [6.45, 7) is 1.14. The Morgan fingerprint density at radius 2 is 1.83 bits per heavy atom. The highest BCUT2D eigenvalue weighted by Crippen LogP contribution is 2.41. The van der Waals surface area contributed by atoms with Gasteiger partial charge in [0, 0.05) is 35.9 Å². The predicted octanol–water partition coefficient (Wildman–Crippen LogP) is 3.68. The van der Waals surface area contributed by atoms with Gasteiger partial charge in [-0.15, -0.1) is 0 Å². The zero-order chi connectivity index (χ0) is 15.2. The Morgan fingerprint density at radius 3 is 2.61 bits per heavy atom. The van der Waals surface area contributed by atoms with Crippen molar-refractivity contribution in [2.24, 2.45) is 5.92 Å². The third kappa shape index (κ3) is 2.09. The number of para-hydroxylation sites is 1. The second-order valence-corrected chi connectivity index (χ2v) is 6.61. The molecule has 4 heteroatoms. The van der Waals surface area contributed by atoms with Gasteiger partial charge in [0.05, 0.1) is 5.52 Å². The zero-order valence-electron chi connectivity index (χ0n) is 12.9. The highest BCUT2D eigenvalue weighted by atomic mass is 15.3. The van der Waals surface area contributed by atoms with Crippen molar-refractivity contribution in [2.75, 3.05) is 11.4 Å². The summed E-state index contributed by atoms with van der Waals surface area (Å²) < 4.78 is 0. The van der Waals surface area contributed by atoms with Crippen LogP contribution in [0, 0.1) is 5.92 Å². The molecular weight excluding hydrogens is 284 g/mol. The molecule has 5 rings (SSSR count). The van der Waals surface area contributed by atoms with Crippen molar-refractivity contribution in [3.8, 4) is 11.4 Å². The average Bonchev–Trinajstić information content (AvgIpc) is 3.25. The summed E-state index contributed by atoms with van der Waals surface area (Å²) in [6, 6.07) is 13.0. The van der Waals surface area contributed by atoms with Gasteiger partial charge in [-0.3, -0.25) is 4.98 Å². The van der Waals surface area contributed by atoms with E-state index in [4.69, 9.17) is 9.97 Å². The van der Waals surface area contributed by atoms with Gasteiger partial charge in [-0.25, -0.2) is 9.97 Å². The first-order valence-electron chi connectivity index (χ1n) is 8.32. The number of benzene rings is 1. The fourth-order valence-electron chi connectivity index (χ4n) is 4.09. The second-order valence-electron chi connectivity index (χ2n) is 6.61. The molecule has 1 saturated carbocycles. The third-order valence-corrected chi connectivity index (χ3v) is 5.20. The lowest BCUT2D eigenvalue weighted by Gasteiger charge is -2.29. The Morgan fingerprint density at radius 1 is 0.957 bits per heavy atom. The molecule has 2 unspecified atom stereocenters. The maximum atomic E-state index is 4.96. The van der Waals surface area contributed by atoms with Crippen LogP contribution in [-0.4, -0.2) is 27.5 Å². The van der Waals surface area contributed by atoms with E-state index >= 15 is 0 Å². The topological polar surface area (TPSA) is 41.9 Å². The van der Waals surface area contributed by atoms with Gasteiger partial charge in [-0.1, -0.05) is 12.1 Å². The number of fused-ring (bicyclic) bond motifs is 3. The van der Waals surface area contributed by atoms with Crippen molar-refractivity contribution in [1.29, 1.82) is 0 Å². The van der Waals surface area contributed by atoms with E-state index in [-0.39, 0.29) is 0 Å². The zero-order valence-corrected chi connectivity index (χ0v) is 12.9. The number of nitrogens with zero attached hydrogens (tertiary/aromatic N) is 4. The molecule has 1 aromatic carbocycles. The van der Waals surface area contributed by atoms with Gasteiger partial charge in [-0.05, 0) is 49.4 Å². The molecular formula is C19H18N4. The molecule has 2 aliphatic rings. The smallest absolute Gasteiger partial charge is 0.162 e. The van der Waals surface area contributed by atoms with Gasteiger partial charge in [0.2, 0.25) is 0 Å². The van der Waals surface area contributed by atoms with Crippen LogP contribution in [0.4, 0.5) is 5.82 Å². The molecule has 2 bridgehead atoms. The first-order chi connectivity index (χ1) is 11.4. The molecule has 1 aliphatic carbocycles. The third-order valence-electron chi connectivity index (χ3n) is 5.20. The standard InChI is InChI=1S/C19H18N4/c1-2-4-17-16(3-1)19(23-12-13-5-6-15(23)11-13)22-18(21-17)14-7-9-20-10-8-14/h1-4,7-10,13,15H,5-6,11-12H2. The van der Waals surface area contributed by atoms with Gasteiger partial charge >= 0.3 is 0 Å². The average molecular weight is 302 g/mol. The maximum Gasteiger partial charge on any atom is 0.162 e. The first kappa shape index (κ1) is 13.0. The number of pyridine rings is 1. The van der Waals surface area contributed by atoms with Gasteiger partial charge in [0.15, 0.2) is 5.82 Å². The summed E-state index contributed by atoms with van der Waals surface area (Å²) in [4.78, 5) is 16.3. The molecule has 114 valence electrons. The number of hydrogen-bond donors (Lipinski definition) is 0. The van der Waals surface area contributed by atoms with Crippen molar-refractivity contribution >= 4 is 16.7 Å². The Hall–Kier alpha value is -2.49. The summed E-state index contributed by atoms with van der Waals surface area (Å²) in [6.07, 6.45) is 7.59. The van der Waals surface area contributed by atoms with Crippen LogP contribution < -0.4 is 4.90 Å². The monoisotopic (exact) mass is 302 g/mol. The van der Waals surface area contributed by atoms with E-state index < -0.39 is 0 Å². The lowest BCUT2D eigenvalue weighted by Crippen LogP contribution is -2.32. The van der Waals surface area contributed by atoms with Crippen LogP contribution in [0.25, 0.3) is 22.3 Å². The van der Waals surface area contributed by atoms with Crippen molar-refractivity contribution in [3.63, 3.8) is 0 Å². The number of hydrogen-bond acceptors (Lipinski definition) is 4. The van der Waals surface area contributed by atoms with Gasteiger partial charge in [0.25, 0.3) is 0 Å². The highest BCUT2D eigenvalue weighted by molar-refractivity contribution is 5.91. The van der Waals surface area contributed by atoms with Crippen molar-refractivity contribution in [3.05, 3.63) is 48.8 Å². The summed E-state index contributed by atoms with van der Waals surface area (Å²) in [5, 5.41) is 1.16. The van der Waals surface area contributed by atoms with Crippen LogP contribution in [0.15, 0.2) is 48.8 Å². The molecule has 2 fully saturated rings. The lowest BCUT2D eigenvalue weighted by atomic mass is 10.1. The Kier molecular flexibility index (Phi) is 2.83. The van der Waals surface area contributed by atoms with E-state index in [2.05, 4.69) is 28.1 Å². The van der Waals surface area contributed by atoms with Gasteiger partial charge < -0.3 is 4.90 Å². The van der Waals surface area contributed by atoms with Crippen LogP contribution in [0.5, 0.6) is 0 Å². The summed E-state index contributed by atoms with van der Waals surface area (Å²) in [7, 11) is 0. The minimum Gasteiger partial charge on any atom is -0.353 e. The van der Waals surface area contributed by atoms with E-state index in [1.807, 2.05) is 18.2 Å². The molecule has 4 nitrogen and oxygen atoms in total. The number of anilines is 1. The SMILES string of the molecule is c1ccc2c(N3CC4CCC3C4)nc(-c3ccncc3)nc2c1.